The normalized spacial score (nSPS) is 11.8. The number of carbonyl (C=O) groups is 1. The third kappa shape index (κ3) is 44.7. The molecule has 0 spiro atoms. The molecule has 0 atom stereocenters. The van der Waals surface area contributed by atoms with E-state index in [1.807, 2.05) is 20.8 Å². The highest BCUT2D eigenvalue weighted by Gasteiger charge is 2.15. The topological polar surface area (TPSA) is 184 Å². The van der Waals surface area contributed by atoms with Crippen molar-refractivity contribution in [2.75, 3.05) is 185 Å². The minimum atomic E-state index is -0.513. The van der Waals surface area contributed by atoms with Gasteiger partial charge in [-0.1, -0.05) is 0 Å². The molecule has 0 fully saturated rings. The Morgan fingerprint density at radius 2 is 0.580 bits per heavy atom. The van der Waals surface area contributed by atoms with Gasteiger partial charge in [0.25, 0.3) is 0 Å². The molecule has 0 saturated heterocycles. The zero-order valence-corrected chi connectivity index (χ0v) is 31.0. The van der Waals surface area contributed by atoms with Gasteiger partial charge in [0.2, 0.25) is 0 Å². The van der Waals surface area contributed by atoms with Crippen molar-refractivity contribution in [3.05, 3.63) is 0 Å². The van der Waals surface area contributed by atoms with Crippen LogP contribution >= 0.6 is 0 Å². The molecule has 1 amide bonds. The fourth-order valence-corrected chi connectivity index (χ4v) is 3.36. The van der Waals surface area contributed by atoms with Crippen LogP contribution in [0, 0.1) is 0 Å². The molecule has 0 aromatic heterocycles. The molecule has 300 valence electrons. The molecule has 17 heteroatoms. The van der Waals surface area contributed by atoms with Crippen LogP contribution in [0.2, 0.25) is 0 Å². The molecular weight excluding hydrogens is 664 g/mol. The molecule has 0 rings (SSSR count). The van der Waals surface area contributed by atoms with E-state index >= 15 is 0 Å². The summed E-state index contributed by atoms with van der Waals surface area (Å²) in [4.78, 5) is 11.5. The summed E-state index contributed by atoms with van der Waals surface area (Å²) in [6.45, 7) is 19.2. The lowest BCUT2D eigenvalue weighted by Crippen LogP contribution is -2.34. The van der Waals surface area contributed by atoms with Gasteiger partial charge in [0.15, 0.2) is 0 Å². The average molecular weight is 733 g/mol. The van der Waals surface area contributed by atoms with Crippen molar-refractivity contribution in [3.8, 4) is 0 Å². The summed E-state index contributed by atoms with van der Waals surface area (Å²) in [7, 11) is 0. The van der Waals surface area contributed by atoms with Crippen molar-refractivity contribution >= 4 is 6.09 Å². The summed E-state index contributed by atoms with van der Waals surface area (Å²) in [6, 6.07) is 0. The van der Waals surface area contributed by atoms with Crippen molar-refractivity contribution < 1.29 is 71.1 Å². The van der Waals surface area contributed by atoms with E-state index in [1.165, 1.54) is 0 Å². The van der Waals surface area contributed by atoms with Crippen LogP contribution in [-0.2, 0) is 66.3 Å². The van der Waals surface area contributed by atoms with Crippen molar-refractivity contribution in [3.63, 3.8) is 0 Å². The maximum Gasteiger partial charge on any atom is 0.407 e. The van der Waals surface area contributed by atoms with Gasteiger partial charge in [-0.05, 0) is 20.8 Å². The SMILES string of the molecule is CC(C)(C)OC(=O)NCCOCCOCCOCCOCCOCCOCCOCCOCCOCCOCCOCCOCCOCCN. The van der Waals surface area contributed by atoms with Gasteiger partial charge in [-0.3, -0.25) is 0 Å². The molecule has 0 radical (unpaired) electrons. The highest BCUT2D eigenvalue weighted by molar-refractivity contribution is 5.67. The van der Waals surface area contributed by atoms with Crippen LogP contribution in [0.3, 0.4) is 0 Å². The van der Waals surface area contributed by atoms with E-state index in [0.717, 1.165) is 0 Å². The predicted molar refractivity (Wildman–Crippen MR) is 184 cm³/mol. The number of rotatable bonds is 41. The van der Waals surface area contributed by atoms with Crippen molar-refractivity contribution in [1.29, 1.82) is 0 Å². The third-order valence-corrected chi connectivity index (χ3v) is 5.64. The smallest absolute Gasteiger partial charge is 0.407 e. The molecule has 3 N–H and O–H groups in total. The number of nitrogens with two attached hydrogens (primary N) is 1. The minimum absolute atomic E-state index is 0.381. The Balaban J connectivity index is 3.09. The van der Waals surface area contributed by atoms with Gasteiger partial charge in [-0.2, -0.15) is 0 Å². The zero-order valence-electron chi connectivity index (χ0n) is 31.0. The zero-order chi connectivity index (χ0) is 36.5. The quantitative estimate of drug-likeness (QED) is 0.0836. The molecule has 0 aliphatic rings. The summed E-state index contributed by atoms with van der Waals surface area (Å²) < 4.78 is 75.7. The molecule has 0 aromatic rings. The summed E-state index contributed by atoms with van der Waals surface area (Å²) in [5.41, 5.74) is 4.82. The summed E-state index contributed by atoms with van der Waals surface area (Å²) in [5.74, 6) is 0. The lowest BCUT2D eigenvalue weighted by molar-refractivity contribution is -0.0289. The van der Waals surface area contributed by atoms with Crippen LogP contribution in [0.25, 0.3) is 0 Å². The standard InChI is InChI=1S/C33H68N2O15/c1-33(2,3)50-32(36)35-5-7-38-9-11-40-13-15-42-17-19-44-21-23-46-25-27-48-29-31-49-30-28-47-26-24-45-22-20-43-18-16-41-14-12-39-10-8-37-6-4-34/h4-31,34H2,1-3H3,(H,35,36). The molecule has 50 heavy (non-hydrogen) atoms. The molecule has 0 aromatic carbocycles. The number of carbonyl (C=O) groups excluding carboxylic acids is 1. The van der Waals surface area contributed by atoms with E-state index in [4.69, 9.17) is 72.0 Å². The molecule has 0 saturated carbocycles. The number of hydrogen-bond acceptors (Lipinski definition) is 16. The van der Waals surface area contributed by atoms with Gasteiger partial charge in [-0.15, -0.1) is 0 Å². The summed E-state index contributed by atoms with van der Waals surface area (Å²) in [5, 5.41) is 2.63. The number of amides is 1. The van der Waals surface area contributed by atoms with Gasteiger partial charge in [0.05, 0.1) is 172 Å². The van der Waals surface area contributed by atoms with Crippen molar-refractivity contribution in [2.24, 2.45) is 5.73 Å². The maximum absolute atomic E-state index is 11.5. The first-order valence-corrected chi connectivity index (χ1v) is 17.6. The van der Waals surface area contributed by atoms with Crippen molar-refractivity contribution in [1.82, 2.24) is 5.32 Å². The molecule has 0 unspecified atom stereocenters. The van der Waals surface area contributed by atoms with Crippen LogP contribution in [-0.4, -0.2) is 197 Å². The molecule has 0 aliphatic heterocycles. The highest BCUT2D eigenvalue weighted by atomic mass is 16.6. The van der Waals surface area contributed by atoms with Gasteiger partial charge in [-0.25, -0.2) is 4.79 Å². The van der Waals surface area contributed by atoms with Crippen LogP contribution in [0.4, 0.5) is 4.79 Å². The first-order chi connectivity index (χ1) is 24.5. The van der Waals surface area contributed by atoms with E-state index in [2.05, 4.69) is 5.32 Å². The Morgan fingerprint density at radius 1 is 0.380 bits per heavy atom. The summed E-state index contributed by atoms with van der Waals surface area (Å²) >= 11 is 0. The second-order valence-electron chi connectivity index (χ2n) is 11.2. The molecular formula is C33H68N2O15. The summed E-state index contributed by atoms with van der Waals surface area (Å²) in [6.07, 6.45) is -0.454. The Kier molecular flexibility index (Phi) is 39.4. The largest absolute Gasteiger partial charge is 0.444 e. The van der Waals surface area contributed by atoms with E-state index < -0.39 is 11.7 Å². The van der Waals surface area contributed by atoms with Gasteiger partial charge in [0, 0.05) is 13.1 Å². The number of alkyl carbamates (subject to hydrolysis) is 1. The van der Waals surface area contributed by atoms with E-state index in [-0.39, 0.29) is 0 Å². The minimum Gasteiger partial charge on any atom is -0.444 e. The molecule has 0 bridgehead atoms. The first kappa shape index (κ1) is 48.7. The van der Waals surface area contributed by atoms with Crippen molar-refractivity contribution in [2.45, 2.75) is 26.4 Å². The monoisotopic (exact) mass is 732 g/mol. The fraction of sp³-hybridized carbons (Fsp3) is 0.970. The molecule has 0 aliphatic carbocycles. The lowest BCUT2D eigenvalue weighted by Gasteiger charge is -2.19. The Bertz CT molecular complexity index is 678. The van der Waals surface area contributed by atoms with Gasteiger partial charge < -0.3 is 77.4 Å². The molecule has 0 heterocycles. The molecule has 17 nitrogen and oxygen atoms in total. The Morgan fingerprint density at radius 3 is 0.780 bits per heavy atom. The van der Waals surface area contributed by atoms with Gasteiger partial charge >= 0.3 is 6.09 Å². The van der Waals surface area contributed by atoms with Crippen LogP contribution in [0.1, 0.15) is 20.8 Å². The van der Waals surface area contributed by atoms with E-state index in [9.17, 15) is 4.79 Å². The number of nitrogens with one attached hydrogen (secondary N) is 1. The van der Waals surface area contributed by atoms with Crippen LogP contribution < -0.4 is 11.1 Å². The maximum atomic E-state index is 11.5. The predicted octanol–water partition coefficient (Wildman–Crippen LogP) is 0.686. The van der Waals surface area contributed by atoms with Gasteiger partial charge in [0.1, 0.15) is 5.60 Å². The Hall–Kier alpha value is -1.29. The number of ether oxygens (including phenoxy) is 14. The Labute approximate surface area is 299 Å². The average Bonchev–Trinajstić information content (AvgIpc) is 3.08. The fourth-order valence-electron chi connectivity index (χ4n) is 3.36. The lowest BCUT2D eigenvalue weighted by atomic mass is 10.2. The number of hydrogen-bond donors (Lipinski definition) is 2. The third-order valence-electron chi connectivity index (χ3n) is 5.64. The van der Waals surface area contributed by atoms with E-state index in [0.29, 0.717) is 185 Å². The van der Waals surface area contributed by atoms with Crippen LogP contribution in [0.5, 0.6) is 0 Å². The second kappa shape index (κ2) is 40.5. The first-order valence-electron chi connectivity index (χ1n) is 17.6. The van der Waals surface area contributed by atoms with E-state index in [1.54, 1.807) is 0 Å². The highest BCUT2D eigenvalue weighted by Crippen LogP contribution is 2.06. The van der Waals surface area contributed by atoms with Crippen LogP contribution in [0.15, 0.2) is 0 Å². The second-order valence-corrected chi connectivity index (χ2v) is 11.2.